The molecule has 0 radical (unpaired) electrons. The van der Waals surface area contributed by atoms with E-state index in [4.69, 9.17) is 0 Å². The molecule has 0 rings (SSSR count). The minimum Gasteiger partial charge on any atom is -0.452 e. The van der Waals surface area contributed by atoms with Crippen molar-refractivity contribution in [3.8, 4) is 0 Å². The smallest absolute Gasteiger partial charge is 0.452 e. The summed E-state index contributed by atoms with van der Waals surface area (Å²) in [5.41, 5.74) is 0. The number of carbonyl (C=O) groups excluding carboxylic acids is 2. The molecule has 0 fully saturated rings. The average Bonchev–Trinajstić information content (AvgIpc) is 1.63. The van der Waals surface area contributed by atoms with Crippen LogP contribution in [0.1, 0.15) is 0 Å². The Bertz CT molecular complexity index is 143. The predicted octanol–water partition coefficient (Wildman–Crippen LogP) is -3.37. The van der Waals surface area contributed by atoms with Crippen molar-refractivity contribution in [2.45, 2.75) is 0 Å². The predicted molar refractivity (Wildman–Crippen MR) is 23.2 cm³/mol. The monoisotopic (exact) mass is 138 g/mol. The van der Waals surface area contributed by atoms with Crippen LogP contribution >= 0.6 is 0 Å². The normalized spacial score (nSPS) is 6.80. The van der Waals surface area contributed by atoms with E-state index in [0.29, 0.717) is 0 Å². The van der Waals surface area contributed by atoms with E-state index < -0.39 is 12.3 Å². The summed E-state index contributed by atoms with van der Waals surface area (Å²) in [5, 5.41) is 9.42. The topological polar surface area (TPSA) is 75.7 Å². The van der Waals surface area contributed by atoms with E-state index in [1.54, 1.807) is 0 Å². The zero-order chi connectivity index (χ0) is 7.28. The molecule has 0 saturated heterocycles. The van der Waals surface area contributed by atoms with Gasteiger partial charge in [0.1, 0.15) is 0 Å². The molecule has 0 amide bonds. The van der Waals surface area contributed by atoms with Crippen LogP contribution in [0.2, 0.25) is 0 Å². The molecular formula is C4H3LiO5. The minimum atomic E-state index is -1.96. The molecule has 0 aromatic rings. The molecule has 0 aromatic heterocycles. The zero-order valence-electron chi connectivity index (χ0n) is 5.33. The molecule has 50 valence electrons. The maximum Gasteiger partial charge on any atom is 1.00 e. The number of carboxylic acid groups (broad SMARTS) is 1. The summed E-state index contributed by atoms with van der Waals surface area (Å²) in [5.74, 6) is 0. The molecule has 0 unspecified atom stereocenters. The van der Waals surface area contributed by atoms with Gasteiger partial charge in [-0.25, -0.2) is 4.79 Å². The van der Waals surface area contributed by atoms with Gasteiger partial charge in [0.25, 0.3) is 6.16 Å². The molecule has 0 heterocycles. The van der Waals surface area contributed by atoms with E-state index in [-0.39, 0.29) is 18.9 Å². The molecule has 0 aliphatic rings. The maximum atomic E-state index is 9.92. The van der Waals surface area contributed by atoms with Gasteiger partial charge in [0.15, 0.2) is 0 Å². The van der Waals surface area contributed by atoms with Crippen LogP contribution in [0.25, 0.3) is 0 Å². The Morgan fingerprint density at radius 2 is 2.00 bits per heavy atom. The van der Waals surface area contributed by atoms with E-state index in [2.05, 4.69) is 16.1 Å². The van der Waals surface area contributed by atoms with Crippen LogP contribution in [0, 0.1) is 0 Å². The summed E-state index contributed by atoms with van der Waals surface area (Å²) >= 11 is 0. The molecule has 0 spiro atoms. The van der Waals surface area contributed by atoms with Crippen LogP contribution in [0.4, 0.5) is 9.59 Å². The van der Waals surface area contributed by atoms with Crippen molar-refractivity contribution in [3.63, 3.8) is 0 Å². The number of hydrogen-bond donors (Lipinski definition) is 0. The summed E-state index contributed by atoms with van der Waals surface area (Å²) < 4.78 is 7.20. The first-order valence-electron chi connectivity index (χ1n) is 1.87. The van der Waals surface area contributed by atoms with Crippen molar-refractivity contribution < 1.29 is 43.0 Å². The largest absolute Gasteiger partial charge is 1.00 e. The second-order valence-corrected chi connectivity index (χ2v) is 0.887. The Kier molecular flexibility index (Phi) is 7.33. The molecule has 10 heavy (non-hydrogen) atoms. The molecule has 0 N–H and O–H groups in total. The van der Waals surface area contributed by atoms with E-state index >= 15 is 0 Å². The number of carbonyl (C=O) groups is 2. The van der Waals surface area contributed by atoms with Crippen molar-refractivity contribution in [3.05, 3.63) is 12.8 Å². The first kappa shape index (κ1) is 11.8. The van der Waals surface area contributed by atoms with E-state index in [0.717, 1.165) is 6.26 Å². The average molecular weight is 138 g/mol. The van der Waals surface area contributed by atoms with Crippen molar-refractivity contribution in [2.24, 2.45) is 0 Å². The Hall–Kier alpha value is -0.923. The summed E-state index contributed by atoms with van der Waals surface area (Å²) in [6.45, 7) is 2.97. The van der Waals surface area contributed by atoms with Gasteiger partial charge in [-0.1, -0.05) is 6.58 Å². The molecule has 5 nitrogen and oxygen atoms in total. The van der Waals surface area contributed by atoms with Crippen LogP contribution in [-0.2, 0) is 9.47 Å². The molecule has 0 aliphatic carbocycles. The van der Waals surface area contributed by atoms with Gasteiger partial charge in [0, 0.05) is 0 Å². The van der Waals surface area contributed by atoms with Crippen LogP contribution < -0.4 is 24.0 Å². The first-order chi connectivity index (χ1) is 4.16. The first-order valence-corrected chi connectivity index (χ1v) is 1.87. The molecule has 0 aromatic carbocycles. The van der Waals surface area contributed by atoms with Crippen molar-refractivity contribution in [1.29, 1.82) is 0 Å². The standard InChI is InChI=1S/C4H4O5.Li/c1-2-8-4(7)9-3(5)6;/h2H,1H2,(H,5,6);/q;+1/p-1. The second kappa shape index (κ2) is 6.20. The molecule has 0 atom stereocenters. The molecule has 0 bridgehead atoms. The summed E-state index contributed by atoms with van der Waals surface area (Å²) in [4.78, 5) is 19.3. The van der Waals surface area contributed by atoms with Gasteiger partial charge in [-0.3, -0.25) is 0 Å². The number of rotatable bonds is 1. The zero-order valence-corrected chi connectivity index (χ0v) is 5.33. The molecular weight excluding hydrogens is 135 g/mol. The molecule has 6 heteroatoms. The van der Waals surface area contributed by atoms with Gasteiger partial charge in [0.2, 0.25) is 0 Å². The minimum absolute atomic E-state index is 0. The van der Waals surface area contributed by atoms with E-state index in [1.807, 2.05) is 0 Å². The van der Waals surface area contributed by atoms with Gasteiger partial charge in [-0.15, -0.1) is 0 Å². The Morgan fingerprint density at radius 1 is 1.50 bits per heavy atom. The van der Waals surface area contributed by atoms with Crippen LogP contribution in [0.3, 0.4) is 0 Å². The summed E-state index contributed by atoms with van der Waals surface area (Å²) in [6, 6.07) is 0. The summed E-state index contributed by atoms with van der Waals surface area (Å²) in [6.07, 6.45) is -2.59. The number of hydrogen-bond acceptors (Lipinski definition) is 5. The number of ether oxygens (including phenoxy) is 2. The fourth-order valence-corrected chi connectivity index (χ4v) is 0.160. The van der Waals surface area contributed by atoms with Gasteiger partial charge in [-0.2, -0.15) is 0 Å². The Labute approximate surface area is 68.8 Å². The van der Waals surface area contributed by atoms with E-state index in [9.17, 15) is 14.7 Å². The molecule has 0 aliphatic heterocycles. The third-order valence-corrected chi connectivity index (χ3v) is 0.346. The van der Waals surface area contributed by atoms with Gasteiger partial charge >= 0.3 is 25.0 Å². The Balaban J connectivity index is 0. The SMILES string of the molecule is C=COC(=O)OC(=O)[O-].[Li+]. The second-order valence-electron chi connectivity index (χ2n) is 0.887. The Morgan fingerprint density at radius 3 is 2.30 bits per heavy atom. The third-order valence-electron chi connectivity index (χ3n) is 0.346. The van der Waals surface area contributed by atoms with Gasteiger partial charge < -0.3 is 19.4 Å². The van der Waals surface area contributed by atoms with Crippen LogP contribution in [0.15, 0.2) is 12.8 Å². The quantitative estimate of drug-likeness (QED) is 0.163. The fourth-order valence-electron chi connectivity index (χ4n) is 0.160. The van der Waals surface area contributed by atoms with Crippen LogP contribution in [-0.4, -0.2) is 12.3 Å². The fraction of sp³-hybridized carbons (Fsp3) is 0. The van der Waals surface area contributed by atoms with Crippen molar-refractivity contribution in [2.75, 3.05) is 0 Å². The molecule has 0 saturated carbocycles. The van der Waals surface area contributed by atoms with Crippen LogP contribution in [0.5, 0.6) is 0 Å². The third kappa shape index (κ3) is 7.08. The van der Waals surface area contributed by atoms with Crippen molar-refractivity contribution in [1.82, 2.24) is 0 Å². The van der Waals surface area contributed by atoms with Gasteiger partial charge in [-0.05, 0) is 0 Å². The van der Waals surface area contributed by atoms with Gasteiger partial charge in [0.05, 0.1) is 6.26 Å². The summed E-state index contributed by atoms with van der Waals surface area (Å²) in [7, 11) is 0. The maximum absolute atomic E-state index is 9.92. The van der Waals surface area contributed by atoms with E-state index in [1.165, 1.54) is 0 Å². The van der Waals surface area contributed by atoms with Crippen molar-refractivity contribution >= 4 is 12.3 Å².